The van der Waals surface area contributed by atoms with Crippen LogP contribution in [-0.4, -0.2) is 99.5 Å². The van der Waals surface area contributed by atoms with Crippen LogP contribution >= 0.6 is 11.3 Å². The molecule has 0 radical (unpaired) electrons. The van der Waals surface area contributed by atoms with Crippen LogP contribution in [0.25, 0.3) is 10.4 Å². The number of likely N-dealkylation sites (tertiary alicyclic amines) is 1. The van der Waals surface area contributed by atoms with E-state index in [1.165, 1.54) is 16.2 Å². The van der Waals surface area contributed by atoms with Gasteiger partial charge in [0.2, 0.25) is 17.7 Å². The zero-order valence-electron chi connectivity index (χ0n) is 39.0. The molecule has 5 rings (SSSR count). The molecule has 2 aromatic carbocycles. The van der Waals surface area contributed by atoms with Gasteiger partial charge in [-0.3, -0.25) is 19.2 Å². The molecule has 15 nitrogen and oxygen atoms in total. The van der Waals surface area contributed by atoms with Crippen LogP contribution < -0.4 is 26.4 Å². The number of nitrogens with zero attached hydrogens (tertiary/aromatic N) is 2. The van der Waals surface area contributed by atoms with Gasteiger partial charge in [0, 0.05) is 31.5 Å². The number of carbonyl (C=O) groups is 5. The van der Waals surface area contributed by atoms with Crippen molar-refractivity contribution in [2.24, 2.45) is 11.1 Å². The third-order valence-electron chi connectivity index (χ3n) is 11.5. The molecule has 5 atom stereocenters. The normalized spacial score (nSPS) is 18.3. The van der Waals surface area contributed by atoms with Crippen molar-refractivity contribution in [2.75, 3.05) is 13.2 Å². The zero-order chi connectivity index (χ0) is 47.7. The highest BCUT2D eigenvalue weighted by Crippen LogP contribution is 2.40. The first-order chi connectivity index (χ1) is 30.5. The summed E-state index contributed by atoms with van der Waals surface area (Å²) in [6, 6.07) is 11.4. The van der Waals surface area contributed by atoms with E-state index in [2.05, 4.69) is 33.1 Å². The first-order valence-corrected chi connectivity index (χ1v) is 23.3. The Morgan fingerprint density at radius 1 is 1.02 bits per heavy atom. The number of aliphatic hydroxyl groups excluding tert-OH is 1. The van der Waals surface area contributed by atoms with E-state index in [1.54, 1.807) is 47.1 Å². The molecule has 6 N–H and O–H groups in total. The summed E-state index contributed by atoms with van der Waals surface area (Å²) in [7, 11) is 0. The molecule has 2 aliphatic rings. The quantitative estimate of drug-likeness (QED) is 0.0765. The highest BCUT2D eigenvalue weighted by atomic mass is 32.1. The topological polar surface area (TPSA) is 212 Å². The number of amides is 5. The number of hydrogen-bond donors (Lipinski definition) is 5. The smallest absolute Gasteiger partial charge is 0.407 e. The Morgan fingerprint density at radius 2 is 1.71 bits per heavy atom. The number of benzene rings is 2. The number of thiazole rings is 1. The molecule has 3 aromatic rings. The highest BCUT2D eigenvalue weighted by Gasteiger charge is 2.53. The van der Waals surface area contributed by atoms with Crippen molar-refractivity contribution < 1.29 is 47.7 Å². The summed E-state index contributed by atoms with van der Waals surface area (Å²) in [6.45, 7) is 15.1. The van der Waals surface area contributed by atoms with Crippen molar-refractivity contribution in [3.8, 4) is 16.2 Å². The summed E-state index contributed by atoms with van der Waals surface area (Å²) >= 11 is 1.52. The van der Waals surface area contributed by atoms with E-state index in [0.717, 1.165) is 52.1 Å². The number of aryl methyl sites for hydroxylation is 2. The average Bonchev–Trinajstić information content (AvgIpc) is 3.64. The minimum Gasteiger partial charge on any atom is -0.493 e. The predicted octanol–water partition coefficient (Wildman–Crippen LogP) is 6.20. The molecule has 356 valence electrons. The maximum Gasteiger partial charge on any atom is 0.407 e. The van der Waals surface area contributed by atoms with Crippen LogP contribution in [0.4, 0.5) is 9.18 Å². The molecule has 0 spiro atoms. The molecule has 1 saturated heterocycles. The lowest BCUT2D eigenvalue weighted by molar-refractivity contribution is -0.145. The van der Waals surface area contributed by atoms with Crippen molar-refractivity contribution in [3.05, 3.63) is 70.4 Å². The molecule has 65 heavy (non-hydrogen) atoms. The number of β-amino-alcohol motifs (C(OH)–C–C–N with tert-alkyl or cyclic N) is 1. The number of rotatable bonds is 21. The van der Waals surface area contributed by atoms with Crippen LogP contribution in [0.3, 0.4) is 0 Å². The van der Waals surface area contributed by atoms with Crippen molar-refractivity contribution in [1.29, 1.82) is 0 Å². The lowest BCUT2D eigenvalue weighted by Crippen LogP contribution is -2.59. The number of hydrogen-bond acceptors (Lipinski definition) is 11. The number of nitrogens with two attached hydrogens (primary N) is 1. The van der Waals surface area contributed by atoms with E-state index < -0.39 is 76.7 Å². The number of aromatic nitrogens is 1. The SMILES string of the molecule is Cc1ncsc1-c1ccc(CNC(=O)[C@@H]2C[C@@H](O)CN2C(=O)[C@@H](NC(=O)C2(F)CC2)C(C)(C)C)c(OCCCCc2ccc(CO[C@H](C)[C@H](CCC(N)=O)NC(=O)OC(C)(C)C)cc2)c1. The number of primary amides is 1. The maximum absolute atomic E-state index is 14.6. The van der Waals surface area contributed by atoms with Crippen LogP contribution in [0, 0.1) is 12.3 Å². The van der Waals surface area contributed by atoms with Crippen LogP contribution in [0.2, 0.25) is 0 Å². The third kappa shape index (κ3) is 14.9. The number of alkyl halides is 1. The Balaban J connectivity index is 1.15. The lowest BCUT2D eigenvalue weighted by Gasteiger charge is -2.35. The van der Waals surface area contributed by atoms with Crippen LogP contribution in [-0.2, 0) is 48.2 Å². The minimum absolute atomic E-state index is 0.0211. The second kappa shape index (κ2) is 21.9. The van der Waals surface area contributed by atoms with Crippen LogP contribution in [0.15, 0.2) is 48.0 Å². The Kier molecular flexibility index (Phi) is 17.1. The second-order valence-corrected chi connectivity index (χ2v) is 20.2. The van der Waals surface area contributed by atoms with Gasteiger partial charge in [0.05, 0.1) is 47.5 Å². The van der Waals surface area contributed by atoms with Gasteiger partial charge in [0.15, 0.2) is 5.67 Å². The van der Waals surface area contributed by atoms with Gasteiger partial charge in [-0.05, 0) is 101 Å². The first-order valence-electron chi connectivity index (χ1n) is 22.4. The van der Waals surface area contributed by atoms with E-state index in [9.17, 15) is 33.5 Å². The van der Waals surface area contributed by atoms with Crippen molar-refractivity contribution in [3.63, 3.8) is 0 Å². The molecular weight excluding hydrogens is 856 g/mol. The van der Waals surface area contributed by atoms with E-state index in [1.807, 2.05) is 44.2 Å². The largest absolute Gasteiger partial charge is 0.493 e. The molecule has 17 heteroatoms. The predicted molar refractivity (Wildman–Crippen MR) is 245 cm³/mol. The van der Waals surface area contributed by atoms with E-state index in [4.69, 9.17) is 19.9 Å². The summed E-state index contributed by atoms with van der Waals surface area (Å²) in [5.74, 6) is -1.71. The fourth-order valence-corrected chi connectivity index (χ4v) is 8.32. The molecule has 5 amide bonds. The summed E-state index contributed by atoms with van der Waals surface area (Å²) in [5, 5.41) is 19.0. The van der Waals surface area contributed by atoms with Gasteiger partial charge in [-0.2, -0.15) is 0 Å². The Hall–Kier alpha value is -5.13. The molecule has 2 fully saturated rings. The van der Waals surface area contributed by atoms with Crippen molar-refractivity contribution in [2.45, 2.75) is 162 Å². The number of ether oxygens (including phenoxy) is 3. The number of unbranched alkanes of at least 4 members (excludes halogenated alkanes) is 1. The number of alkyl carbamates (subject to hydrolysis) is 1. The number of carbonyl (C=O) groups excluding carboxylic acids is 5. The van der Waals surface area contributed by atoms with E-state index in [-0.39, 0.29) is 38.8 Å². The number of nitrogens with one attached hydrogen (secondary N) is 3. The fraction of sp³-hybridized carbons (Fsp3) is 0.583. The molecule has 1 saturated carbocycles. The Labute approximate surface area is 385 Å². The van der Waals surface area contributed by atoms with Gasteiger partial charge >= 0.3 is 6.09 Å². The summed E-state index contributed by atoms with van der Waals surface area (Å²) in [5.41, 5.74) is 8.38. The maximum atomic E-state index is 14.6. The molecule has 1 aliphatic carbocycles. The van der Waals surface area contributed by atoms with E-state index in [0.29, 0.717) is 25.4 Å². The van der Waals surface area contributed by atoms with E-state index >= 15 is 0 Å². The van der Waals surface area contributed by atoms with Gasteiger partial charge < -0.3 is 45.9 Å². The zero-order valence-corrected chi connectivity index (χ0v) is 39.8. The lowest BCUT2D eigenvalue weighted by atomic mass is 9.85. The molecule has 1 aromatic heterocycles. The van der Waals surface area contributed by atoms with Gasteiger partial charge in [-0.25, -0.2) is 14.2 Å². The molecule has 2 heterocycles. The van der Waals surface area contributed by atoms with Gasteiger partial charge in [0.1, 0.15) is 23.4 Å². The average molecular weight is 923 g/mol. The number of aliphatic hydroxyl groups is 1. The van der Waals surface area contributed by atoms with Crippen molar-refractivity contribution in [1.82, 2.24) is 25.8 Å². The molecule has 0 bridgehead atoms. The standard InChI is InChI=1S/C48H67FN6O9S/c1-29-40(65-28-52-29)33-16-17-34(25-51-42(58)37-24-35(56)26-55(37)43(59)41(46(3,4)5)54-44(60)48(49)20-21-48)38(23-33)62-22-10-9-11-31-12-14-32(15-13-31)27-63-30(2)36(18-19-39(50)57)53-45(61)64-47(6,7)8/h12-17,23,28,30,35-37,41,56H,9-11,18-22,24-27H2,1-8H3,(H2,50,57)(H,51,58)(H,53,61)(H,54,60)/t30-,35-,36+,37+,41-/m1/s1. The Morgan fingerprint density at radius 3 is 2.32 bits per heavy atom. The summed E-state index contributed by atoms with van der Waals surface area (Å²) < 4.78 is 32.5. The minimum atomic E-state index is -1.98. The Bertz CT molecular complexity index is 2130. The van der Waals surface area contributed by atoms with Gasteiger partial charge in [0.25, 0.3) is 5.91 Å². The second-order valence-electron chi connectivity index (χ2n) is 19.3. The van der Waals surface area contributed by atoms with Crippen molar-refractivity contribution >= 4 is 41.1 Å². The highest BCUT2D eigenvalue weighted by molar-refractivity contribution is 7.13. The van der Waals surface area contributed by atoms with Crippen LogP contribution in [0.5, 0.6) is 5.75 Å². The van der Waals surface area contributed by atoms with Gasteiger partial charge in [-0.15, -0.1) is 11.3 Å². The first kappa shape index (κ1) is 50.9. The molecule has 1 aliphatic heterocycles. The molecule has 0 unspecified atom stereocenters. The summed E-state index contributed by atoms with van der Waals surface area (Å²) in [6.07, 6.45) is 1.10. The summed E-state index contributed by atoms with van der Waals surface area (Å²) in [4.78, 5) is 71.0. The third-order valence-corrected chi connectivity index (χ3v) is 12.5. The molecular formula is C48H67FN6O9S. The van der Waals surface area contributed by atoms with Crippen LogP contribution in [0.1, 0.15) is 116 Å². The number of halogens is 1. The monoisotopic (exact) mass is 922 g/mol. The fourth-order valence-electron chi connectivity index (χ4n) is 7.51. The van der Waals surface area contributed by atoms with Gasteiger partial charge in [-0.1, -0.05) is 57.2 Å².